The summed E-state index contributed by atoms with van der Waals surface area (Å²) < 4.78 is 10.9. The third-order valence-corrected chi connectivity index (χ3v) is 7.07. The Morgan fingerprint density at radius 3 is 2.42 bits per heavy atom. The summed E-state index contributed by atoms with van der Waals surface area (Å²) in [4.78, 5) is 15.7. The molecule has 1 fully saturated rings. The number of piperidine rings is 1. The van der Waals surface area contributed by atoms with Crippen LogP contribution in [0.25, 0.3) is 0 Å². The van der Waals surface area contributed by atoms with E-state index >= 15 is 0 Å². The number of hydrogen-bond acceptors (Lipinski definition) is 4. The number of rotatable bonds is 9. The van der Waals surface area contributed by atoms with E-state index in [0.717, 1.165) is 72.5 Å². The van der Waals surface area contributed by atoms with Crippen LogP contribution in [-0.2, 0) is 12.8 Å². The molecule has 1 aliphatic heterocycles. The SMILES string of the molecule is COc1ccc(OC)c(CCN[C@H]2CCN(C(=O)c3cc(C)cc(C)c3)[C@H](Cc3ccccc3)C2)c1. The van der Waals surface area contributed by atoms with Crippen molar-refractivity contribution in [2.75, 3.05) is 27.3 Å². The molecule has 5 nitrogen and oxygen atoms in total. The highest BCUT2D eigenvalue weighted by Gasteiger charge is 2.32. The number of methoxy groups -OCH3 is 2. The second kappa shape index (κ2) is 12.1. The molecule has 1 aliphatic rings. The average Bonchev–Trinajstić information content (AvgIpc) is 2.88. The van der Waals surface area contributed by atoms with E-state index < -0.39 is 0 Å². The molecule has 190 valence electrons. The number of nitrogens with one attached hydrogen (secondary N) is 1. The fraction of sp³-hybridized carbons (Fsp3) is 0.387. The second-order valence-electron chi connectivity index (χ2n) is 9.82. The lowest BCUT2D eigenvalue weighted by Gasteiger charge is -2.40. The lowest BCUT2D eigenvalue weighted by Crippen LogP contribution is -2.52. The Morgan fingerprint density at radius 2 is 1.72 bits per heavy atom. The number of aryl methyl sites for hydroxylation is 2. The first-order valence-corrected chi connectivity index (χ1v) is 12.8. The van der Waals surface area contributed by atoms with Gasteiger partial charge in [-0.3, -0.25) is 4.79 Å². The Morgan fingerprint density at radius 1 is 0.972 bits per heavy atom. The van der Waals surface area contributed by atoms with Gasteiger partial charge >= 0.3 is 0 Å². The maximum Gasteiger partial charge on any atom is 0.254 e. The number of hydrogen-bond donors (Lipinski definition) is 1. The van der Waals surface area contributed by atoms with Crippen LogP contribution in [0, 0.1) is 13.8 Å². The summed E-state index contributed by atoms with van der Waals surface area (Å²) in [5.41, 5.74) is 5.45. The second-order valence-corrected chi connectivity index (χ2v) is 9.82. The Bertz CT molecular complexity index is 1140. The number of carbonyl (C=O) groups is 1. The van der Waals surface area contributed by atoms with Crippen LogP contribution in [-0.4, -0.2) is 50.2 Å². The summed E-state index contributed by atoms with van der Waals surface area (Å²) in [6.07, 6.45) is 3.59. The van der Waals surface area contributed by atoms with Gasteiger partial charge in [0, 0.05) is 24.2 Å². The number of ether oxygens (including phenoxy) is 2. The molecule has 0 bridgehead atoms. The highest BCUT2D eigenvalue weighted by Crippen LogP contribution is 2.26. The van der Waals surface area contributed by atoms with Crippen LogP contribution in [0.1, 0.15) is 45.5 Å². The topological polar surface area (TPSA) is 50.8 Å². The van der Waals surface area contributed by atoms with E-state index in [4.69, 9.17) is 9.47 Å². The van der Waals surface area contributed by atoms with Gasteiger partial charge in [0.25, 0.3) is 5.91 Å². The van der Waals surface area contributed by atoms with Gasteiger partial charge in [-0.15, -0.1) is 0 Å². The molecule has 1 amide bonds. The van der Waals surface area contributed by atoms with Crippen molar-refractivity contribution in [1.29, 1.82) is 0 Å². The molecular formula is C31H38N2O3. The molecule has 3 aromatic carbocycles. The van der Waals surface area contributed by atoms with Crippen molar-refractivity contribution >= 4 is 5.91 Å². The minimum Gasteiger partial charge on any atom is -0.497 e. The standard InChI is InChI=1S/C31H38N2O3/c1-22-16-23(2)18-26(17-22)31(34)33-15-13-27(21-28(33)19-24-8-6-5-7-9-24)32-14-12-25-20-29(35-3)10-11-30(25)36-4/h5-11,16-18,20,27-28,32H,12-15,19,21H2,1-4H3/t27-,28+/m0/s1. The van der Waals surface area contributed by atoms with Crippen LogP contribution in [0.15, 0.2) is 66.7 Å². The van der Waals surface area contributed by atoms with E-state index in [1.165, 1.54) is 5.56 Å². The predicted octanol–water partition coefficient (Wildman–Crippen LogP) is 5.37. The van der Waals surface area contributed by atoms with Gasteiger partial charge in [-0.05, 0) is 87.5 Å². The number of benzene rings is 3. The molecule has 2 atom stereocenters. The monoisotopic (exact) mass is 486 g/mol. The highest BCUT2D eigenvalue weighted by atomic mass is 16.5. The molecule has 1 saturated heterocycles. The van der Waals surface area contributed by atoms with Gasteiger partial charge in [0.2, 0.25) is 0 Å². The molecule has 0 aromatic heterocycles. The smallest absolute Gasteiger partial charge is 0.254 e. The fourth-order valence-corrected chi connectivity index (χ4v) is 5.34. The summed E-state index contributed by atoms with van der Waals surface area (Å²) in [6.45, 7) is 5.71. The van der Waals surface area contributed by atoms with Gasteiger partial charge < -0.3 is 19.7 Å². The zero-order chi connectivity index (χ0) is 25.5. The van der Waals surface area contributed by atoms with Crippen molar-refractivity contribution in [3.05, 3.63) is 94.5 Å². The molecule has 4 rings (SSSR count). The molecule has 36 heavy (non-hydrogen) atoms. The fourth-order valence-electron chi connectivity index (χ4n) is 5.34. The number of carbonyl (C=O) groups excluding carboxylic acids is 1. The first-order chi connectivity index (χ1) is 17.5. The van der Waals surface area contributed by atoms with Gasteiger partial charge in [-0.2, -0.15) is 0 Å². The molecule has 5 heteroatoms. The lowest BCUT2D eigenvalue weighted by atomic mass is 9.91. The average molecular weight is 487 g/mol. The largest absolute Gasteiger partial charge is 0.497 e. The minimum absolute atomic E-state index is 0.141. The third kappa shape index (κ3) is 6.46. The van der Waals surface area contributed by atoms with E-state index in [0.29, 0.717) is 6.04 Å². The molecule has 1 heterocycles. The summed E-state index contributed by atoms with van der Waals surface area (Å²) in [5.74, 6) is 1.86. The zero-order valence-electron chi connectivity index (χ0n) is 21.9. The van der Waals surface area contributed by atoms with Crippen LogP contribution in [0.5, 0.6) is 11.5 Å². The van der Waals surface area contributed by atoms with Crippen LogP contribution in [0.3, 0.4) is 0 Å². The first kappa shape index (κ1) is 25.8. The van der Waals surface area contributed by atoms with Crippen molar-refractivity contribution in [3.8, 4) is 11.5 Å². The highest BCUT2D eigenvalue weighted by molar-refractivity contribution is 5.95. The van der Waals surface area contributed by atoms with E-state index in [9.17, 15) is 4.79 Å². The first-order valence-electron chi connectivity index (χ1n) is 12.8. The van der Waals surface area contributed by atoms with Gasteiger partial charge in [-0.25, -0.2) is 0 Å². The maximum atomic E-state index is 13.6. The van der Waals surface area contributed by atoms with E-state index in [1.807, 2.05) is 36.4 Å². The lowest BCUT2D eigenvalue weighted by molar-refractivity contribution is 0.0577. The number of amides is 1. The third-order valence-electron chi connectivity index (χ3n) is 7.07. The van der Waals surface area contributed by atoms with Gasteiger partial charge in [0.15, 0.2) is 0 Å². The van der Waals surface area contributed by atoms with Crippen molar-refractivity contribution in [1.82, 2.24) is 10.2 Å². The normalized spacial score (nSPS) is 17.6. The van der Waals surface area contributed by atoms with Crippen LogP contribution in [0.4, 0.5) is 0 Å². The summed E-state index contributed by atoms with van der Waals surface area (Å²) >= 11 is 0. The quantitative estimate of drug-likeness (QED) is 0.442. The van der Waals surface area contributed by atoms with Gasteiger partial charge in [0.1, 0.15) is 11.5 Å². The van der Waals surface area contributed by atoms with E-state index in [-0.39, 0.29) is 11.9 Å². The predicted molar refractivity (Wildman–Crippen MR) is 145 cm³/mol. The molecule has 3 aromatic rings. The Balaban J connectivity index is 1.45. The summed E-state index contributed by atoms with van der Waals surface area (Å²) in [5, 5.41) is 3.76. The van der Waals surface area contributed by atoms with Gasteiger partial charge in [-0.1, -0.05) is 47.5 Å². The van der Waals surface area contributed by atoms with Crippen molar-refractivity contribution in [3.63, 3.8) is 0 Å². The minimum atomic E-state index is 0.141. The molecule has 0 radical (unpaired) electrons. The van der Waals surface area contributed by atoms with E-state index in [2.05, 4.69) is 54.4 Å². The zero-order valence-corrected chi connectivity index (χ0v) is 21.9. The number of likely N-dealkylation sites (tertiary alicyclic amines) is 1. The summed E-state index contributed by atoms with van der Waals surface area (Å²) in [6, 6.07) is 23.1. The maximum absolute atomic E-state index is 13.6. The van der Waals surface area contributed by atoms with E-state index in [1.54, 1.807) is 14.2 Å². The van der Waals surface area contributed by atoms with Crippen molar-refractivity contribution < 1.29 is 14.3 Å². The Hall–Kier alpha value is -3.31. The molecular weight excluding hydrogens is 448 g/mol. The number of nitrogens with zero attached hydrogens (tertiary/aromatic N) is 1. The van der Waals surface area contributed by atoms with Crippen molar-refractivity contribution in [2.45, 2.75) is 51.6 Å². The Labute approximate surface area is 215 Å². The molecule has 0 saturated carbocycles. The van der Waals surface area contributed by atoms with Crippen LogP contribution >= 0.6 is 0 Å². The molecule has 0 aliphatic carbocycles. The summed E-state index contributed by atoms with van der Waals surface area (Å²) in [7, 11) is 3.39. The van der Waals surface area contributed by atoms with Crippen molar-refractivity contribution in [2.24, 2.45) is 0 Å². The van der Waals surface area contributed by atoms with Crippen LogP contribution in [0.2, 0.25) is 0 Å². The van der Waals surface area contributed by atoms with Gasteiger partial charge in [0.05, 0.1) is 14.2 Å². The Kier molecular flexibility index (Phi) is 8.65. The molecule has 1 N–H and O–H groups in total. The van der Waals surface area contributed by atoms with Crippen LogP contribution < -0.4 is 14.8 Å². The molecule has 0 unspecified atom stereocenters. The molecule has 0 spiro atoms.